The molecule has 0 aromatic heterocycles. The second kappa shape index (κ2) is 8.28. The van der Waals surface area contributed by atoms with E-state index in [4.69, 9.17) is 4.74 Å². The molecule has 1 N–H and O–H groups in total. The van der Waals surface area contributed by atoms with Gasteiger partial charge in [-0.1, -0.05) is 0 Å². The molecule has 0 bridgehead atoms. The molecule has 1 amide bonds. The number of carbonyl (C=O) groups is 1. The monoisotopic (exact) mass is 429 g/mol. The maximum atomic E-state index is 12.8. The number of amides is 1. The molecule has 0 spiro atoms. The molecule has 7 nitrogen and oxygen atoms in total. The predicted molar refractivity (Wildman–Crippen MR) is 117 cm³/mol. The number of sulfonamides is 1. The standard InChI is InChI=1S/C22H27N3O4S/c1-16(26)25-14-9-17-15-21(7-8-22(17)25)30(27,28)23-18-3-5-19(6-4-18)29-20-10-12-24(2)13-11-20/h3-8,15,20,23H,9-14H2,1-2H3. The topological polar surface area (TPSA) is 79.0 Å². The van der Waals surface area contributed by atoms with E-state index in [0.717, 1.165) is 42.9 Å². The van der Waals surface area contributed by atoms with Crippen molar-refractivity contribution in [3.8, 4) is 5.75 Å². The highest BCUT2D eigenvalue weighted by Crippen LogP contribution is 2.31. The second-order valence-electron chi connectivity index (χ2n) is 7.96. The third-order valence-corrected chi connectivity index (χ3v) is 7.09. The summed E-state index contributed by atoms with van der Waals surface area (Å²) in [5, 5.41) is 0. The van der Waals surface area contributed by atoms with Gasteiger partial charge in [-0.15, -0.1) is 0 Å². The lowest BCUT2D eigenvalue weighted by molar-refractivity contribution is -0.116. The molecule has 2 aromatic rings. The molecule has 2 aliphatic heterocycles. The number of benzene rings is 2. The van der Waals surface area contributed by atoms with E-state index in [9.17, 15) is 13.2 Å². The number of hydrogen-bond donors (Lipinski definition) is 1. The van der Waals surface area contributed by atoms with E-state index in [-0.39, 0.29) is 16.9 Å². The van der Waals surface area contributed by atoms with E-state index in [1.54, 1.807) is 47.4 Å². The molecule has 4 rings (SSSR count). The largest absolute Gasteiger partial charge is 0.490 e. The van der Waals surface area contributed by atoms with Crippen LogP contribution in [0.2, 0.25) is 0 Å². The molecular weight excluding hydrogens is 402 g/mol. The first kappa shape index (κ1) is 20.7. The Morgan fingerprint density at radius 3 is 2.43 bits per heavy atom. The molecule has 0 radical (unpaired) electrons. The van der Waals surface area contributed by atoms with Crippen LogP contribution in [-0.2, 0) is 21.2 Å². The van der Waals surface area contributed by atoms with Crippen LogP contribution in [0, 0.1) is 0 Å². The van der Waals surface area contributed by atoms with Crippen LogP contribution >= 0.6 is 0 Å². The van der Waals surface area contributed by atoms with Crippen molar-refractivity contribution in [1.82, 2.24) is 4.90 Å². The Morgan fingerprint density at radius 2 is 1.77 bits per heavy atom. The van der Waals surface area contributed by atoms with Crippen molar-refractivity contribution in [2.24, 2.45) is 0 Å². The highest BCUT2D eigenvalue weighted by atomic mass is 32.2. The lowest BCUT2D eigenvalue weighted by Crippen LogP contribution is -2.35. The highest BCUT2D eigenvalue weighted by Gasteiger charge is 2.25. The summed E-state index contributed by atoms with van der Waals surface area (Å²) >= 11 is 0. The van der Waals surface area contributed by atoms with Gasteiger partial charge >= 0.3 is 0 Å². The summed E-state index contributed by atoms with van der Waals surface area (Å²) in [7, 11) is -1.61. The van der Waals surface area contributed by atoms with E-state index in [1.165, 1.54) is 6.92 Å². The van der Waals surface area contributed by atoms with Gasteiger partial charge in [0.05, 0.1) is 4.90 Å². The van der Waals surface area contributed by atoms with Crippen LogP contribution in [-0.4, -0.2) is 52.0 Å². The maximum Gasteiger partial charge on any atom is 0.261 e. The minimum atomic E-state index is -3.72. The number of piperidine rings is 1. The Balaban J connectivity index is 1.43. The summed E-state index contributed by atoms with van der Waals surface area (Å²) in [5.74, 6) is 0.708. The number of carbonyl (C=O) groups excluding carboxylic acids is 1. The normalized spacial score (nSPS) is 17.6. The van der Waals surface area contributed by atoms with Gasteiger partial charge in [-0.25, -0.2) is 8.42 Å². The SMILES string of the molecule is CC(=O)N1CCc2cc(S(=O)(=O)Nc3ccc(OC4CCN(C)CC4)cc3)ccc21. The van der Waals surface area contributed by atoms with E-state index in [0.29, 0.717) is 18.7 Å². The van der Waals surface area contributed by atoms with Crippen molar-refractivity contribution >= 4 is 27.3 Å². The number of ether oxygens (including phenoxy) is 1. The molecule has 30 heavy (non-hydrogen) atoms. The molecule has 0 unspecified atom stereocenters. The van der Waals surface area contributed by atoms with E-state index in [1.807, 2.05) is 0 Å². The number of nitrogens with one attached hydrogen (secondary N) is 1. The molecule has 2 aliphatic rings. The Labute approximate surface area is 177 Å². The van der Waals surface area contributed by atoms with Gasteiger partial charge in [-0.3, -0.25) is 9.52 Å². The number of fused-ring (bicyclic) bond motifs is 1. The van der Waals surface area contributed by atoms with Gasteiger partial charge in [0.15, 0.2) is 0 Å². The third kappa shape index (κ3) is 4.44. The van der Waals surface area contributed by atoms with Crippen molar-refractivity contribution in [1.29, 1.82) is 0 Å². The van der Waals surface area contributed by atoms with Crippen molar-refractivity contribution in [3.63, 3.8) is 0 Å². The van der Waals surface area contributed by atoms with E-state index < -0.39 is 10.0 Å². The minimum Gasteiger partial charge on any atom is -0.490 e. The number of nitrogens with zero attached hydrogens (tertiary/aromatic N) is 2. The van der Waals surface area contributed by atoms with Crippen LogP contribution in [0.15, 0.2) is 47.4 Å². The molecule has 1 saturated heterocycles. The van der Waals surface area contributed by atoms with Crippen molar-refractivity contribution in [3.05, 3.63) is 48.0 Å². The summed E-state index contributed by atoms with van der Waals surface area (Å²) < 4.78 is 34.3. The first-order valence-electron chi connectivity index (χ1n) is 10.2. The zero-order valence-corrected chi connectivity index (χ0v) is 18.1. The molecule has 8 heteroatoms. The van der Waals surface area contributed by atoms with E-state index in [2.05, 4.69) is 16.7 Å². The van der Waals surface area contributed by atoms with Crippen molar-refractivity contribution in [2.75, 3.05) is 36.3 Å². The zero-order valence-electron chi connectivity index (χ0n) is 17.3. The number of likely N-dealkylation sites (tertiary alicyclic amines) is 1. The molecular formula is C22H27N3O4S. The van der Waals surface area contributed by atoms with Crippen LogP contribution in [0.5, 0.6) is 5.75 Å². The summed E-state index contributed by atoms with van der Waals surface area (Å²) in [6.45, 7) is 4.14. The molecule has 160 valence electrons. The Kier molecular flexibility index (Phi) is 5.71. The maximum absolute atomic E-state index is 12.8. The van der Waals surface area contributed by atoms with Gasteiger partial charge in [-0.2, -0.15) is 0 Å². The number of anilines is 2. The van der Waals surface area contributed by atoms with Crippen LogP contribution < -0.4 is 14.4 Å². The second-order valence-corrected chi connectivity index (χ2v) is 9.64. The fourth-order valence-electron chi connectivity index (χ4n) is 3.98. The molecule has 0 atom stereocenters. The highest BCUT2D eigenvalue weighted by molar-refractivity contribution is 7.92. The lowest BCUT2D eigenvalue weighted by atomic mass is 10.1. The average Bonchev–Trinajstić information content (AvgIpc) is 3.15. The number of hydrogen-bond acceptors (Lipinski definition) is 5. The van der Waals surface area contributed by atoms with Gasteiger partial charge in [0.25, 0.3) is 10.0 Å². The zero-order chi connectivity index (χ0) is 21.3. The smallest absolute Gasteiger partial charge is 0.261 e. The minimum absolute atomic E-state index is 0.0370. The average molecular weight is 430 g/mol. The first-order chi connectivity index (χ1) is 14.3. The summed E-state index contributed by atoms with van der Waals surface area (Å²) in [6, 6.07) is 11.9. The summed E-state index contributed by atoms with van der Waals surface area (Å²) in [4.78, 5) is 15.8. The predicted octanol–water partition coefficient (Wildman–Crippen LogP) is 2.87. The fraction of sp³-hybridized carbons (Fsp3) is 0.409. The van der Waals surface area contributed by atoms with Crippen LogP contribution in [0.3, 0.4) is 0 Å². The quantitative estimate of drug-likeness (QED) is 0.791. The van der Waals surface area contributed by atoms with Crippen LogP contribution in [0.25, 0.3) is 0 Å². The summed E-state index contributed by atoms with van der Waals surface area (Å²) in [6.07, 6.45) is 2.83. The first-order valence-corrected chi connectivity index (χ1v) is 11.7. The summed E-state index contributed by atoms with van der Waals surface area (Å²) in [5.41, 5.74) is 2.14. The van der Waals surface area contributed by atoms with Gasteiger partial charge in [0.2, 0.25) is 5.91 Å². The van der Waals surface area contributed by atoms with Gasteiger partial charge < -0.3 is 14.5 Å². The van der Waals surface area contributed by atoms with Gasteiger partial charge in [-0.05, 0) is 74.3 Å². The Morgan fingerprint density at radius 1 is 1.07 bits per heavy atom. The molecule has 1 fully saturated rings. The van der Waals surface area contributed by atoms with Crippen LogP contribution in [0.4, 0.5) is 11.4 Å². The molecule has 2 heterocycles. The number of rotatable bonds is 5. The molecule has 0 aliphatic carbocycles. The van der Waals surface area contributed by atoms with Gasteiger partial charge in [0, 0.05) is 37.9 Å². The van der Waals surface area contributed by atoms with Crippen molar-refractivity contribution < 1.29 is 17.9 Å². The van der Waals surface area contributed by atoms with E-state index >= 15 is 0 Å². The fourth-order valence-corrected chi connectivity index (χ4v) is 5.09. The lowest BCUT2D eigenvalue weighted by Gasteiger charge is -2.29. The Bertz CT molecular complexity index is 1030. The Hall–Kier alpha value is -2.58. The third-order valence-electron chi connectivity index (χ3n) is 5.71. The molecule has 2 aromatic carbocycles. The van der Waals surface area contributed by atoms with Gasteiger partial charge in [0.1, 0.15) is 11.9 Å². The molecule has 0 saturated carbocycles. The van der Waals surface area contributed by atoms with Crippen molar-refractivity contribution in [2.45, 2.75) is 37.2 Å². The van der Waals surface area contributed by atoms with Crippen LogP contribution in [0.1, 0.15) is 25.3 Å².